The number of rotatable bonds is 6. The van der Waals surface area contributed by atoms with Crippen LogP contribution in [0.15, 0.2) is 42.7 Å². The summed E-state index contributed by atoms with van der Waals surface area (Å²) in [5.41, 5.74) is 1.60. The van der Waals surface area contributed by atoms with Crippen molar-refractivity contribution in [1.29, 1.82) is 5.26 Å². The number of allylic oxidation sites excluding steroid dienone is 1. The van der Waals surface area contributed by atoms with Gasteiger partial charge in [-0.25, -0.2) is 8.78 Å². The number of pyridine rings is 1. The highest BCUT2D eigenvalue weighted by Crippen LogP contribution is 2.10. The van der Waals surface area contributed by atoms with Crippen LogP contribution in [0.5, 0.6) is 0 Å². The van der Waals surface area contributed by atoms with Crippen LogP contribution in [0, 0.1) is 35.8 Å². The van der Waals surface area contributed by atoms with Crippen molar-refractivity contribution >= 4 is 17.8 Å². The van der Waals surface area contributed by atoms with E-state index >= 15 is 0 Å². The van der Waals surface area contributed by atoms with Gasteiger partial charge in [-0.05, 0) is 42.3 Å². The Morgan fingerprint density at radius 2 is 2.08 bits per heavy atom. The molecule has 2 rings (SSSR count). The SMILES string of the molecule is Cc1cncc(/C=C/C(=O)C(C#N)C(=O)NCc2ccc(F)cc2F)c1. The number of nitrogens with one attached hydrogen (secondary N) is 1. The summed E-state index contributed by atoms with van der Waals surface area (Å²) in [6.07, 6.45) is 5.77. The average molecular weight is 355 g/mol. The normalized spacial score (nSPS) is 11.8. The Bertz CT molecular complexity index is 904. The minimum Gasteiger partial charge on any atom is -0.350 e. The Labute approximate surface area is 149 Å². The van der Waals surface area contributed by atoms with E-state index in [1.165, 1.54) is 18.3 Å². The lowest BCUT2D eigenvalue weighted by atomic mass is 10.0. The van der Waals surface area contributed by atoms with Crippen LogP contribution < -0.4 is 5.32 Å². The quantitative estimate of drug-likeness (QED) is 0.638. The van der Waals surface area contributed by atoms with Crippen molar-refractivity contribution in [3.63, 3.8) is 0 Å². The van der Waals surface area contributed by atoms with E-state index in [1.807, 2.05) is 6.92 Å². The number of hydrogen-bond donors (Lipinski definition) is 1. The highest BCUT2D eigenvalue weighted by molar-refractivity contribution is 6.10. The fourth-order valence-corrected chi connectivity index (χ4v) is 2.14. The lowest BCUT2D eigenvalue weighted by Crippen LogP contribution is -2.33. The summed E-state index contributed by atoms with van der Waals surface area (Å²) in [4.78, 5) is 28.1. The van der Waals surface area contributed by atoms with Gasteiger partial charge in [0.25, 0.3) is 0 Å². The van der Waals surface area contributed by atoms with Gasteiger partial charge in [-0.2, -0.15) is 5.26 Å². The molecule has 0 spiro atoms. The molecule has 1 amide bonds. The van der Waals surface area contributed by atoms with Crippen LogP contribution >= 0.6 is 0 Å². The molecule has 0 bridgehead atoms. The van der Waals surface area contributed by atoms with E-state index in [2.05, 4.69) is 10.3 Å². The first kappa shape index (κ1) is 18.9. The third-order valence-electron chi connectivity index (χ3n) is 3.48. The number of aromatic nitrogens is 1. The molecule has 1 aromatic heterocycles. The monoisotopic (exact) mass is 355 g/mol. The molecule has 1 aromatic carbocycles. The van der Waals surface area contributed by atoms with Crippen molar-refractivity contribution < 1.29 is 18.4 Å². The van der Waals surface area contributed by atoms with E-state index in [9.17, 15) is 18.4 Å². The number of hydrogen-bond acceptors (Lipinski definition) is 4. The number of aryl methyl sites for hydroxylation is 1. The molecule has 0 aliphatic carbocycles. The van der Waals surface area contributed by atoms with Crippen molar-refractivity contribution in [1.82, 2.24) is 10.3 Å². The van der Waals surface area contributed by atoms with Gasteiger partial charge in [-0.15, -0.1) is 0 Å². The van der Waals surface area contributed by atoms with Crippen LogP contribution in [0.4, 0.5) is 8.78 Å². The minimum absolute atomic E-state index is 0.0465. The summed E-state index contributed by atoms with van der Waals surface area (Å²) in [7, 11) is 0. The van der Waals surface area contributed by atoms with Crippen LogP contribution in [-0.4, -0.2) is 16.7 Å². The van der Waals surface area contributed by atoms with Crippen molar-refractivity contribution in [3.8, 4) is 6.07 Å². The molecule has 1 heterocycles. The van der Waals surface area contributed by atoms with Crippen LogP contribution in [0.3, 0.4) is 0 Å². The standard InChI is InChI=1S/C19H15F2N3O2/c1-12-6-13(10-23-9-12)2-5-18(25)16(8-22)19(26)24-11-14-3-4-15(20)7-17(14)21/h2-7,9-10,16H,11H2,1H3,(H,24,26)/b5-2+. The molecular weight excluding hydrogens is 340 g/mol. The number of nitrogens with zero attached hydrogens (tertiary/aromatic N) is 2. The highest BCUT2D eigenvalue weighted by atomic mass is 19.1. The lowest BCUT2D eigenvalue weighted by molar-refractivity contribution is -0.129. The first-order valence-corrected chi connectivity index (χ1v) is 7.65. The van der Waals surface area contributed by atoms with Crippen LogP contribution in [-0.2, 0) is 16.1 Å². The van der Waals surface area contributed by atoms with Gasteiger partial charge < -0.3 is 5.32 Å². The van der Waals surface area contributed by atoms with E-state index in [0.29, 0.717) is 11.6 Å². The second-order valence-corrected chi connectivity index (χ2v) is 5.55. The first-order valence-electron chi connectivity index (χ1n) is 7.65. The molecule has 132 valence electrons. The fraction of sp³-hybridized carbons (Fsp3) is 0.158. The Morgan fingerprint density at radius 1 is 1.31 bits per heavy atom. The van der Waals surface area contributed by atoms with Crippen LogP contribution in [0.25, 0.3) is 6.08 Å². The molecule has 1 atom stereocenters. The van der Waals surface area contributed by atoms with Crippen molar-refractivity contribution in [2.24, 2.45) is 5.92 Å². The molecule has 0 aliphatic rings. The predicted octanol–water partition coefficient (Wildman–Crippen LogP) is 2.71. The van der Waals surface area contributed by atoms with Gasteiger partial charge >= 0.3 is 0 Å². The zero-order valence-corrected chi connectivity index (χ0v) is 13.9. The number of amides is 1. The van der Waals surface area contributed by atoms with E-state index in [4.69, 9.17) is 5.26 Å². The summed E-state index contributed by atoms with van der Waals surface area (Å²) >= 11 is 0. The molecule has 2 aromatic rings. The molecule has 0 fully saturated rings. The lowest BCUT2D eigenvalue weighted by Gasteiger charge is -2.08. The van der Waals surface area contributed by atoms with E-state index in [-0.39, 0.29) is 12.1 Å². The van der Waals surface area contributed by atoms with Crippen LogP contribution in [0.1, 0.15) is 16.7 Å². The smallest absolute Gasteiger partial charge is 0.245 e. The number of nitriles is 1. The van der Waals surface area contributed by atoms with Gasteiger partial charge in [0.15, 0.2) is 11.7 Å². The largest absolute Gasteiger partial charge is 0.350 e. The Morgan fingerprint density at radius 3 is 2.73 bits per heavy atom. The summed E-state index contributed by atoms with van der Waals surface area (Å²) in [5, 5.41) is 11.4. The maximum Gasteiger partial charge on any atom is 0.245 e. The molecule has 0 aliphatic heterocycles. The third kappa shape index (κ3) is 5.05. The van der Waals surface area contributed by atoms with Gasteiger partial charge in [0.1, 0.15) is 11.6 Å². The van der Waals surface area contributed by atoms with Gasteiger partial charge in [-0.1, -0.05) is 6.07 Å². The number of carbonyl (C=O) groups is 2. The van der Waals surface area contributed by atoms with Crippen molar-refractivity contribution in [3.05, 3.63) is 71.1 Å². The summed E-state index contributed by atoms with van der Waals surface area (Å²) in [6, 6.07) is 6.33. The van der Waals surface area contributed by atoms with Crippen LogP contribution in [0.2, 0.25) is 0 Å². The fourth-order valence-electron chi connectivity index (χ4n) is 2.14. The van der Waals surface area contributed by atoms with E-state index < -0.39 is 29.2 Å². The molecule has 5 nitrogen and oxygen atoms in total. The molecule has 0 saturated carbocycles. The topological polar surface area (TPSA) is 82.8 Å². The zero-order chi connectivity index (χ0) is 19.1. The van der Waals surface area contributed by atoms with Gasteiger partial charge in [0.05, 0.1) is 6.07 Å². The predicted molar refractivity (Wildman–Crippen MR) is 90.3 cm³/mol. The van der Waals surface area contributed by atoms with Crippen molar-refractivity contribution in [2.45, 2.75) is 13.5 Å². The molecule has 1 unspecified atom stereocenters. The van der Waals surface area contributed by atoms with Gasteiger partial charge in [0, 0.05) is 30.6 Å². The number of halogens is 2. The summed E-state index contributed by atoms with van der Waals surface area (Å²) in [6.45, 7) is 1.58. The first-order chi connectivity index (χ1) is 12.4. The number of carbonyl (C=O) groups excluding carboxylic acids is 2. The second-order valence-electron chi connectivity index (χ2n) is 5.55. The molecule has 1 N–H and O–H groups in total. The Kier molecular flexibility index (Phi) is 6.28. The molecular formula is C19H15F2N3O2. The Hall–Kier alpha value is -3.40. The minimum atomic E-state index is -1.56. The molecule has 7 heteroatoms. The molecule has 26 heavy (non-hydrogen) atoms. The number of benzene rings is 1. The highest BCUT2D eigenvalue weighted by Gasteiger charge is 2.24. The summed E-state index contributed by atoms with van der Waals surface area (Å²) in [5.74, 6) is -4.68. The molecule has 0 saturated heterocycles. The number of ketones is 1. The Balaban J connectivity index is 2.01. The maximum atomic E-state index is 13.5. The van der Waals surface area contributed by atoms with E-state index in [0.717, 1.165) is 17.7 Å². The van der Waals surface area contributed by atoms with Gasteiger partial charge in [-0.3, -0.25) is 14.6 Å². The zero-order valence-electron chi connectivity index (χ0n) is 13.9. The van der Waals surface area contributed by atoms with E-state index in [1.54, 1.807) is 18.3 Å². The summed E-state index contributed by atoms with van der Waals surface area (Å²) < 4.78 is 26.4. The second kappa shape index (κ2) is 8.62. The molecule has 0 radical (unpaired) electrons. The van der Waals surface area contributed by atoms with Gasteiger partial charge in [0.2, 0.25) is 5.91 Å². The van der Waals surface area contributed by atoms with Crippen molar-refractivity contribution in [2.75, 3.05) is 0 Å². The average Bonchev–Trinajstić information content (AvgIpc) is 2.60. The third-order valence-corrected chi connectivity index (χ3v) is 3.48. The maximum absolute atomic E-state index is 13.5.